The number of aromatic nitrogens is 3. The van der Waals surface area contributed by atoms with E-state index in [4.69, 9.17) is 4.42 Å². The lowest BCUT2D eigenvalue weighted by molar-refractivity contribution is 0.0931. The summed E-state index contributed by atoms with van der Waals surface area (Å²) in [7, 11) is 0. The van der Waals surface area contributed by atoms with Crippen molar-refractivity contribution in [1.29, 1.82) is 0 Å². The van der Waals surface area contributed by atoms with Crippen LogP contribution >= 0.6 is 0 Å². The monoisotopic (exact) mass is 322 g/mol. The van der Waals surface area contributed by atoms with Gasteiger partial charge in [-0.2, -0.15) is 5.10 Å². The zero-order chi connectivity index (χ0) is 16.5. The highest BCUT2D eigenvalue weighted by atomic mass is 16.3. The first-order chi connectivity index (χ1) is 11.7. The average Bonchev–Trinajstić information content (AvgIpc) is 3.23. The molecule has 24 heavy (non-hydrogen) atoms. The second kappa shape index (κ2) is 5.96. The highest BCUT2D eigenvalue weighted by Gasteiger charge is 2.25. The van der Waals surface area contributed by atoms with Gasteiger partial charge in [-0.05, 0) is 38.0 Å². The summed E-state index contributed by atoms with van der Waals surface area (Å²) in [5.41, 5.74) is 2.43. The molecule has 0 spiro atoms. The van der Waals surface area contributed by atoms with Gasteiger partial charge in [0.25, 0.3) is 5.91 Å². The maximum absolute atomic E-state index is 12.7. The predicted octanol–water partition coefficient (Wildman–Crippen LogP) is 2.98. The number of nitrogens with one attached hydrogen (secondary N) is 1. The summed E-state index contributed by atoms with van der Waals surface area (Å²) >= 11 is 0. The van der Waals surface area contributed by atoms with E-state index in [-0.39, 0.29) is 11.9 Å². The van der Waals surface area contributed by atoms with Gasteiger partial charge in [0.2, 0.25) is 0 Å². The fraction of sp³-hybridized carbons (Fsp3) is 0.278. The van der Waals surface area contributed by atoms with E-state index >= 15 is 0 Å². The SMILES string of the molecule is Cc1c(C(=O)NC2CCCc3occc32)cnn1-c1ccccn1. The minimum atomic E-state index is -0.117. The first-order valence-electron chi connectivity index (χ1n) is 8.07. The number of amides is 1. The molecule has 3 heterocycles. The molecule has 1 unspecified atom stereocenters. The van der Waals surface area contributed by atoms with Crippen molar-refractivity contribution < 1.29 is 9.21 Å². The Morgan fingerprint density at radius 3 is 3.12 bits per heavy atom. The van der Waals surface area contributed by atoms with E-state index in [1.165, 1.54) is 0 Å². The van der Waals surface area contributed by atoms with E-state index in [0.717, 1.165) is 36.3 Å². The van der Waals surface area contributed by atoms with Crippen molar-refractivity contribution in [3.05, 3.63) is 65.5 Å². The molecule has 0 aliphatic heterocycles. The van der Waals surface area contributed by atoms with Crippen LogP contribution in [0.2, 0.25) is 0 Å². The lowest BCUT2D eigenvalue weighted by Crippen LogP contribution is -2.30. The lowest BCUT2D eigenvalue weighted by atomic mass is 9.93. The number of hydrogen-bond acceptors (Lipinski definition) is 4. The van der Waals surface area contributed by atoms with Crippen LogP contribution in [-0.4, -0.2) is 20.7 Å². The Morgan fingerprint density at radius 1 is 1.38 bits per heavy atom. The Bertz CT molecular complexity index is 866. The smallest absolute Gasteiger partial charge is 0.255 e. The highest BCUT2D eigenvalue weighted by Crippen LogP contribution is 2.30. The molecule has 1 aliphatic rings. The number of pyridine rings is 1. The minimum absolute atomic E-state index is 0.00222. The normalized spacial score (nSPS) is 16.6. The van der Waals surface area contributed by atoms with Gasteiger partial charge < -0.3 is 9.73 Å². The van der Waals surface area contributed by atoms with Crippen molar-refractivity contribution in [1.82, 2.24) is 20.1 Å². The van der Waals surface area contributed by atoms with Crippen LogP contribution in [0.25, 0.3) is 5.82 Å². The lowest BCUT2D eigenvalue weighted by Gasteiger charge is -2.22. The first kappa shape index (κ1) is 14.7. The van der Waals surface area contributed by atoms with Crippen molar-refractivity contribution in [3.63, 3.8) is 0 Å². The Balaban J connectivity index is 1.57. The predicted molar refractivity (Wildman–Crippen MR) is 87.9 cm³/mol. The molecule has 1 aliphatic carbocycles. The van der Waals surface area contributed by atoms with Crippen molar-refractivity contribution in [3.8, 4) is 5.82 Å². The molecule has 122 valence electrons. The number of nitrogens with zero attached hydrogens (tertiary/aromatic N) is 3. The Hall–Kier alpha value is -2.89. The van der Waals surface area contributed by atoms with Crippen LogP contribution in [0.3, 0.4) is 0 Å². The molecule has 1 atom stereocenters. The Morgan fingerprint density at radius 2 is 2.29 bits per heavy atom. The number of furan rings is 1. The van der Waals surface area contributed by atoms with Crippen LogP contribution in [0.1, 0.15) is 46.3 Å². The van der Waals surface area contributed by atoms with Gasteiger partial charge in [0, 0.05) is 18.2 Å². The van der Waals surface area contributed by atoms with Gasteiger partial charge in [-0.25, -0.2) is 9.67 Å². The Kier molecular flexibility index (Phi) is 3.65. The number of rotatable bonds is 3. The van der Waals surface area contributed by atoms with Crippen molar-refractivity contribution in [2.45, 2.75) is 32.2 Å². The highest BCUT2D eigenvalue weighted by molar-refractivity contribution is 5.95. The maximum atomic E-state index is 12.7. The topological polar surface area (TPSA) is 73.0 Å². The molecule has 3 aromatic rings. The molecule has 4 rings (SSSR count). The third kappa shape index (κ3) is 2.50. The van der Waals surface area contributed by atoms with E-state index in [1.807, 2.05) is 31.2 Å². The van der Waals surface area contributed by atoms with Crippen LogP contribution in [0, 0.1) is 6.92 Å². The molecular weight excluding hydrogens is 304 g/mol. The molecule has 1 amide bonds. The quantitative estimate of drug-likeness (QED) is 0.804. The molecular formula is C18H18N4O2. The molecule has 1 N–H and O–H groups in total. The fourth-order valence-corrected chi connectivity index (χ4v) is 3.21. The largest absolute Gasteiger partial charge is 0.469 e. The van der Waals surface area contributed by atoms with Gasteiger partial charge in [-0.1, -0.05) is 6.07 Å². The molecule has 0 fully saturated rings. The van der Waals surface area contributed by atoms with Gasteiger partial charge in [-0.3, -0.25) is 4.79 Å². The van der Waals surface area contributed by atoms with E-state index in [2.05, 4.69) is 15.4 Å². The van der Waals surface area contributed by atoms with Gasteiger partial charge in [0.05, 0.1) is 29.8 Å². The summed E-state index contributed by atoms with van der Waals surface area (Å²) in [4.78, 5) is 17.0. The standard InChI is InChI=1S/C18H18N4O2/c1-12-14(11-20-22(12)17-7-2-3-9-19-17)18(23)21-15-5-4-6-16-13(15)8-10-24-16/h2-3,7-11,15H,4-6H2,1H3,(H,21,23). The second-order valence-corrected chi connectivity index (χ2v) is 5.96. The molecule has 0 aromatic carbocycles. The van der Waals surface area contributed by atoms with Crippen LogP contribution in [0.15, 0.2) is 47.3 Å². The first-order valence-corrected chi connectivity index (χ1v) is 8.07. The van der Waals surface area contributed by atoms with Crippen molar-refractivity contribution in [2.75, 3.05) is 0 Å². The van der Waals surface area contributed by atoms with Crippen molar-refractivity contribution >= 4 is 5.91 Å². The third-order valence-corrected chi connectivity index (χ3v) is 4.48. The number of aryl methyl sites for hydroxylation is 1. The molecule has 6 nitrogen and oxygen atoms in total. The van der Waals surface area contributed by atoms with E-state index in [1.54, 1.807) is 23.3 Å². The summed E-state index contributed by atoms with van der Waals surface area (Å²) in [5, 5.41) is 7.42. The zero-order valence-corrected chi connectivity index (χ0v) is 13.4. The summed E-state index contributed by atoms with van der Waals surface area (Å²) in [6.45, 7) is 1.88. The Labute approximate surface area is 139 Å². The number of carbonyl (C=O) groups excluding carboxylic acids is 1. The molecule has 0 radical (unpaired) electrons. The van der Waals surface area contributed by atoms with E-state index < -0.39 is 0 Å². The average molecular weight is 322 g/mol. The maximum Gasteiger partial charge on any atom is 0.255 e. The summed E-state index contributed by atoms with van der Waals surface area (Å²) in [5.74, 6) is 1.56. The minimum Gasteiger partial charge on any atom is -0.469 e. The van der Waals surface area contributed by atoms with Crippen LogP contribution in [0.4, 0.5) is 0 Å². The number of fused-ring (bicyclic) bond motifs is 1. The number of carbonyl (C=O) groups is 1. The van der Waals surface area contributed by atoms with Gasteiger partial charge in [-0.15, -0.1) is 0 Å². The molecule has 3 aromatic heterocycles. The van der Waals surface area contributed by atoms with Crippen LogP contribution in [0.5, 0.6) is 0 Å². The van der Waals surface area contributed by atoms with E-state index in [0.29, 0.717) is 11.4 Å². The third-order valence-electron chi connectivity index (χ3n) is 4.48. The summed E-state index contributed by atoms with van der Waals surface area (Å²) in [6, 6.07) is 7.55. The zero-order valence-electron chi connectivity index (χ0n) is 13.4. The fourth-order valence-electron chi connectivity index (χ4n) is 3.21. The number of hydrogen-bond donors (Lipinski definition) is 1. The molecule has 0 saturated carbocycles. The molecule has 0 saturated heterocycles. The second-order valence-electron chi connectivity index (χ2n) is 5.96. The van der Waals surface area contributed by atoms with Gasteiger partial charge in [0.15, 0.2) is 5.82 Å². The van der Waals surface area contributed by atoms with Crippen LogP contribution < -0.4 is 5.32 Å². The van der Waals surface area contributed by atoms with E-state index in [9.17, 15) is 4.79 Å². The van der Waals surface area contributed by atoms with Crippen LogP contribution in [-0.2, 0) is 6.42 Å². The van der Waals surface area contributed by atoms with Gasteiger partial charge >= 0.3 is 0 Å². The summed E-state index contributed by atoms with van der Waals surface area (Å²) in [6.07, 6.45) is 7.87. The molecule has 0 bridgehead atoms. The van der Waals surface area contributed by atoms with Crippen molar-refractivity contribution in [2.24, 2.45) is 0 Å². The van der Waals surface area contributed by atoms with Gasteiger partial charge in [0.1, 0.15) is 5.76 Å². The molecule has 6 heteroatoms. The summed E-state index contributed by atoms with van der Waals surface area (Å²) < 4.78 is 7.16.